The summed E-state index contributed by atoms with van der Waals surface area (Å²) in [4.78, 5) is 49.1. The van der Waals surface area contributed by atoms with Crippen molar-refractivity contribution in [3.63, 3.8) is 0 Å². The van der Waals surface area contributed by atoms with Gasteiger partial charge in [-0.25, -0.2) is 0 Å². The van der Waals surface area contributed by atoms with Gasteiger partial charge < -0.3 is 10.1 Å². The minimum absolute atomic E-state index is 0.0763. The molecule has 1 aliphatic heterocycles. The van der Waals surface area contributed by atoms with E-state index in [0.717, 1.165) is 16.1 Å². The van der Waals surface area contributed by atoms with Gasteiger partial charge in [-0.2, -0.15) is 0 Å². The van der Waals surface area contributed by atoms with Crippen LogP contribution in [0.25, 0.3) is 0 Å². The van der Waals surface area contributed by atoms with Crippen molar-refractivity contribution in [2.75, 3.05) is 18.5 Å². The average Bonchev–Trinajstić information content (AvgIpc) is 3.09. The zero-order valence-corrected chi connectivity index (χ0v) is 18.9. The van der Waals surface area contributed by atoms with Crippen LogP contribution in [0.2, 0.25) is 10.0 Å². The number of halogens is 2. The summed E-state index contributed by atoms with van der Waals surface area (Å²) in [5.74, 6) is -3.05. The lowest BCUT2D eigenvalue weighted by atomic mass is 10.1. The summed E-state index contributed by atoms with van der Waals surface area (Å²) < 4.78 is 5.08. The van der Waals surface area contributed by atoms with Gasteiger partial charge in [0.05, 0.1) is 23.0 Å². The van der Waals surface area contributed by atoms with Crippen LogP contribution >= 0.6 is 23.2 Å². The summed E-state index contributed by atoms with van der Waals surface area (Å²) in [6.07, 6.45) is -0.147. The Bertz CT molecular complexity index is 1070. The molecule has 2 aromatic carbocycles. The highest BCUT2D eigenvalue weighted by Gasteiger charge is 2.37. The van der Waals surface area contributed by atoms with Crippen molar-refractivity contribution in [2.24, 2.45) is 5.92 Å². The van der Waals surface area contributed by atoms with Gasteiger partial charge in [-0.05, 0) is 43.2 Å². The molecule has 168 valence electrons. The first-order valence-corrected chi connectivity index (χ1v) is 10.5. The largest absolute Gasteiger partial charge is 0.455 e. The Morgan fingerprint density at radius 3 is 2.47 bits per heavy atom. The number of benzene rings is 2. The quantitative estimate of drug-likeness (QED) is 0.621. The smallest absolute Gasteiger partial charge is 0.311 e. The first-order valence-electron chi connectivity index (χ1n) is 9.75. The van der Waals surface area contributed by atoms with Gasteiger partial charge in [-0.15, -0.1) is 0 Å². The van der Waals surface area contributed by atoms with Crippen LogP contribution in [-0.2, 0) is 19.1 Å². The number of ether oxygens (including phenoxy) is 1. The summed E-state index contributed by atoms with van der Waals surface area (Å²) in [6, 6.07) is 9.94. The van der Waals surface area contributed by atoms with E-state index in [1.807, 2.05) is 32.0 Å². The SMILES string of the molecule is Cc1cccc(C)c1NC(=O)COC(=O)[C@H]1CC(=O)N(NC(=O)c2ccc(Cl)cc2Cl)C1. The predicted molar refractivity (Wildman–Crippen MR) is 119 cm³/mol. The van der Waals surface area contributed by atoms with Crippen LogP contribution < -0.4 is 10.7 Å². The van der Waals surface area contributed by atoms with Crippen molar-refractivity contribution in [1.29, 1.82) is 0 Å². The van der Waals surface area contributed by atoms with Gasteiger partial charge in [0.25, 0.3) is 11.8 Å². The third-order valence-corrected chi connectivity index (χ3v) is 5.51. The Kier molecular flexibility index (Phi) is 7.37. The van der Waals surface area contributed by atoms with E-state index in [2.05, 4.69) is 10.7 Å². The summed E-state index contributed by atoms with van der Waals surface area (Å²) in [5, 5.41) is 4.26. The Hall–Kier alpha value is -3.10. The molecule has 1 atom stereocenters. The molecule has 0 bridgehead atoms. The second-order valence-corrected chi connectivity index (χ2v) is 8.24. The van der Waals surface area contributed by atoms with Gasteiger partial charge in [-0.3, -0.25) is 29.6 Å². The van der Waals surface area contributed by atoms with Crippen molar-refractivity contribution in [3.05, 3.63) is 63.1 Å². The van der Waals surface area contributed by atoms with Gasteiger partial charge in [0, 0.05) is 17.1 Å². The molecule has 0 aromatic heterocycles. The summed E-state index contributed by atoms with van der Waals surface area (Å²) in [6.45, 7) is 3.16. The fraction of sp³-hybridized carbons (Fsp3) is 0.273. The highest BCUT2D eigenvalue weighted by Crippen LogP contribution is 2.23. The van der Waals surface area contributed by atoms with Crippen LogP contribution in [-0.4, -0.2) is 41.9 Å². The first kappa shape index (κ1) is 23.6. The number of para-hydroxylation sites is 1. The van der Waals surface area contributed by atoms with Crippen LogP contribution in [0.3, 0.4) is 0 Å². The molecule has 3 rings (SSSR count). The molecule has 2 aromatic rings. The molecule has 0 aliphatic carbocycles. The maximum absolute atomic E-state index is 12.4. The molecule has 3 amide bonds. The molecule has 0 radical (unpaired) electrons. The van der Waals surface area contributed by atoms with Gasteiger partial charge in [0.1, 0.15) is 0 Å². The number of amides is 3. The Balaban J connectivity index is 1.52. The lowest BCUT2D eigenvalue weighted by Crippen LogP contribution is -2.43. The maximum Gasteiger partial charge on any atom is 0.311 e. The summed E-state index contributed by atoms with van der Waals surface area (Å²) in [5.41, 5.74) is 5.01. The summed E-state index contributed by atoms with van der Waals surface area (Å²) in [7, 11) is 0. The highest BCUT2D eigenvalue weighted by atomic mass is 35.5. The second kappa shape index (κ2) is 10.0. The molecule has 0 saturated carbocycles. The van der Waals surface area contributed by atoms with Crippen molar-refractivity contribution >= 4 is 52.6 Å². The highest BCUT2D eigenvalue weighted by molar-refractivity contribution is 6.36. The number of carbonyl (C=O) groups excluding carboxylic acids is 4. The van der Waals surface area contributed by atoms with Gasteiger partial charge in [0.15, 0.2) is 6.61 Å². The Morgan fingerprint density at radius 1 is 1.12 bits per heavy atom. The Labute approximate surface area is 194 Å². The van der Waals surface area contributed by atoms with E-state index >= 15 is 0 Å². The Morgan fingerprint density at radius 2 is 1.81 bits per heavy atom. The predicted octanol–water partition coefficient (Wildman–Crippen LogP) is 3.29. The minimum atomic E-state index is -0.809. The van der Waals surface area contributed by atoms with E-state index < -0.39 is 36.2 Å². The van der Waals surface area contributed by atoms with E-state index in [1.165, 1.54) is 18.2 Å². The number of hydrazine groups is 1. The van der Waals surface area contributed by atoms with Gasteiger partial charge >= 0.3 is 5.97 Å². The zero-order valence-electron chi connectivity index (χ0n) is 17.4. The molecular weight excluding hydrogens is 457 g/mol. The third kappa shape index (κ3) is 5.57. The number of aryl methyl sites for hydroxylation is 2. The lowest BCUT2D eigenvalue weighted by molar-refractivity contribution is -0.151. The second-order valence-electron chi connectivity index (χ2n) is 7.39. The third-order valence-electron chi connectivity index (χ3n) is 4.96. The zero-order chi connectivity index (χ0) is 23.4. The number of carbonyl (C=O) groups is 4. The molecule has 1 aliphatic rings. The van der Waals surface area contributed by atoms with E-state index in [9.17, 15) is 19.2 Å². The number of anilines is 1. The van der Waals surface area contributed by atoms with Crippen LogP contribution in [0.5, 0.6) is 0 Å². The van der Waals surface area contributed by atoms with E-state index in [0.29, 0.717) is 10.7 Å². The maximum atomic E-state index is 12.4. The molecule has 10 heteroatoms. The standard InChI is InChI=1S/C22H21Cl2N3O5/c1-12-4-3-5-13(2)20(12)25-18(28)11-32-22(31)14-8-19(29)27(10-14)26-21(30)16-7-6-15(23)9-17(16)24/h3-7,9,14H,8,10-11H2,1-2H3,(H,25,28)(H,26,30)/t14-/m0/s1. The molecule has 0 unspecified atom stereocenters. The number of esters is 1. The minimum Gasteiger partial charge on any atom is -0.455 e. The molecule has 1 fully saturated rings. The lowest BCUT2D eigenvalue weighted by Gasteiger charge is -2.18. The first-order chi connectivity index (χ1) is 15.2. The summed E-state index contributed by atoms with van der Waals surface area (Å²) >= 11 is 11.8. The fourth-order valence-electron chi connectivity index (χ4n) is 3.27. The molecular formula is C22H21Cl2N3O5. The fourth-order valence-corrected chi connectivity index (χ4v) is 3.77. The van der Waals surface area contributed by atoms with Crippen LogP contribution in [0, 0.1) is 19.8 Å². The number of hydrogen-bond acceptors (Lipinski definition) is 5. The van der Waals surface area contributed by atoms with Crippen LogP contribution in [0.15, 0.2) is 36.4 Å². The average molecular weight is 478 g/mol. The van der Waals surface area contributed by atoms with Crippen molar-refractivity contribution < 1.29 is 23.9 Å². The molecule has 1 saturated heterocycles. The van der Waals surface area contributed by atoms with E-state index in [1.54, 1.807) is 0 Å². The van der Waals surface area contributed by atoms with Gasteiger partial charge in [0.2, 0.25) is 5.91 Å². The van der Waals surface area contributed by atoms with Crippen LogP contribution in [0.4, 0.5) is 5.69 Å². The molecule has 32 heavy (non-hydrogen) atoms. The number of nitrogens with one attached hydrogen (secondary N) is 2. The molecule has 0 spiro atoms. The molecule has 1 heterocycles. The van der Waals surface area contributed by atoms with E-state index in [-0.39, 0.29) is 23.6 Å². The van der Waals surface area contributed by atoms with Crippen molar-refractivity contribution in [3.8, 4) is 0 Å². The van der Waals surface area contributed by atoms with Crippen molar-refractivity contribution in [2.45, 2.75) is 20.3 Å². The number of rotatable bonds is 6. The monoisotopic (exact) mass is 477 g/mol. The van der Waals surface area contributed by atoms with Crippen LogP contribution in [0.1, 0.15) is 27.9 Å². The molecule has 8 nitrogen and oxygen atoms in total. The number of nitrogens with zero attached hydrogens (tertiary/aromatic N) is 1. The molecule has 2 N–H and O–H groups in total. The number of hydrogen-bond donors (Lipinski definition) is 2. The normalized spacial score (nSPS) is 15.4. The topological polar surface area (TPSA) is 105 Å². The van der Waals surface area contributed by atoms with Gasteiger partial charge in [-0.1, -0.05) is 41.4 Å². The van der Waals surface area contributed by atoms with Crippen molar-refractivity contribution in [1.82, 2.24) is 10.4 Å². The van der Waals surface area contributed by atoms with E-state index in [4.69, 9.17) is 27.9 Å².